The third kappa shape index (κ3) is 3.98. The first-order valence-corrected chi connectivity index (χ1v) is 9.56. The Morgan fingerprint density at radius 1 is 1.06 bits per heavy atom. The van der Waals surface area contributed by atoms with Crippen LogP contribution in [-0.2, 0) is 14.3 Å². The number of fused-ring (bicyclic) bond motifs is 1. The van der Waals surface area contributed by atoms with E-state index in [-0.39, 0.29) is 23.9 Å². The maximum absolute atomic E-state index is 13.2. The van der Waals surface area contributed by atoms with E-state index in [4.69, 9.17) is 14.2 Å². The van der Waals surface area contributed by atoms with E-state index in [1.54, 1.807) is 44.2 Å². The molecule has 0 atom stereocenters. The minimum absolute atomic E-state index is 0.176. The molecular formula is C22H25N3O6. The molecule has 0 saturated heterocycles. The van der Waals surface area contributed by atoms with Gasteiger partial charge in [-0.15, -0.1) is 0 Å². The summed E-state index contributed by atoms with van der Waals surface area (Å²) < 4.78 is 15.4. The number of para-hydroxylation sites is 2. The molecule has 9 nitrogen and oxygen atoms in total. The van der Waals surface area contributed by atoms with Gasteiger partial charge in [-0.1, -0.05) is 12.1 Å². The predicted molar refractivity (Wildman–Crippen MR) is 116 cm³/mol. The fourth-order valence-corrected chi connectivity index (χ4v) is 3.45. The summed E-state index contributed by atoms with van der Waals surface area (Å²) in [5, 5.41) is 5.80. The molecule has 1 aliphatic rings. The third-order valence-corrected chi connectivity index (χ3v) is 5.12. The molecule has 0 radical (unpaired) electrons. The van der Waals surface area contributed by atoms with Crippen LogP contribution in [0.2, 0.25) is 0 Å². The van der Waals surface area contributed by atoms with Crippen molar-refractivity contribution in [2.75, 3.05) is 43.4 Å². The van der Waals surface area contributed by atoms with Crippen molar-refractivity contribution in [3.63, 3.8) is 0 Å². The van der Waals surface area contributed by atoms with Crippen molar-refractivity contribution in [1.82, 2.24) is 0 Å². The van der Waals surface area contributed by atoms with E-state index in [1.807, 2.05) is 0 Å². The van der Waals surface area contributed by atoms with E-state index in [0.29, 0.717) is 28.6 Å². The summed E-state index contributed by atoms with van der Waals surface area (Å²) in [5.74, 6) is -0.506. The van der Waals surface area contributed by atoms with Gasteiger partial charge in [0.25, 0.3) is 0 Å². The van der Waals surface area contributed by atoms with Gasteiger partial charge in [0.05, 0.1) is 50.5 Å². The van der Waals surface area contributed by atoms with E-state index < -0.39 is 11.5 Å². The fourth-order valence-electron chi connectivity index (χ4n) is 3.45. The first-order chi connectivity index (χ1) is 14.7. The molecule has 1 aliphatic heterocycles. The second kappa shape index (κ2) is 8.55. The zero-order chi connectivity index (χ0) is 22.8. The Kier molecular flexibility index (Phi) is 6.05. The Hall–Kier alpha value is -3.75. The monoisotopic (exact) mass is 427 g/mol. The maximum atomic E-state index is 13.2. The molecule has 2 aromatic rings. The summed E-state index contributed by atoms with van der Waals surface area (Å²) in [6.45, 7) is 3.17. The molecule has 2 N–H and O–H groups in total. The lowest BCUT2D eigenvalue weighted by molar-refractivity contribution is -0.125. The van der Waals surface area contributed by atoms with Crippen LogP contribution in [-0.4, -0.2) is 51.2 Å². The lowest BCUT2D eigenvalue weighted by Crippen LogP contribution is -2.59. The number of nitrogens with zero attached hydrogens (tertiary/aromatic N) is 1. The van der Waals surface area contributed by atoms with E-state index in [9.17, 15) is 14.4 Å². The molecule has 2 aromatic carbocycles. The van der Waals surface area contributed by atoms with Gasteiger partial charge in [-0.3, -0.25) is 14.5 Å². The number of ether oxygens (including phenoxy) is 3. The maximum Gasteiger partial charge on any atom is 0.340 e. The van der Waals surface area contributed by atoms with Gasteiger partial charge in [0.2, 0.25) is 11.8 Å². The van der Waals surface area contributed by atoms with Crippen LogP contribution >= 0.6 is 0 Å². The van der Waals surface area contributed by atoms with Gasteiger partial charge in [-0.25, -0.2) is 4.79 Å². The van der Waals surface area contributed by atoms with E-state index >= 15 is 0 Å². The average Bonchev–Trinajstić information content (AvgIpc) is 2.76. The molecule has 164 valence electrons. The van der Waals surface area contributed by atoms with Gasteiger partial charge in [-0.2, -0.15) is 0 Å². The van der Waals surface area contributed by atoms with Gasteiger partial charge in [0.1, 0.15) is 5.54 Å². The summed E-state index contributed by atoms with van der Waals surface area (Å²) in [6.07, 6.45) is 0. The molecule has 0 unspecified atom stereocenters. The molecule has 0 saturated carbocycles. The van der Waals surface area contributed by atoms with Crippen LogP contribution in [0.4, 0.5) is 17.1 Å². The van der Waals surface area contributed by atoms with E-state index in [1.165, 1.54) is 32.3 Å². The standard InChI is InChI=1S/C22H25N3O6/c1-22(2)21(28)24-14-8-6-7-9-16(14)25(22)19(26)12-23-15-11-18(30-4)17(29-3)10-13(15)20(27)31-5/h6-11,23H,12H2,1-5H3,(H,24,28). The van der Waals surface area contributed by atoms with Crippen molar-refractivity contribution in [3.8, 4) is 11.5 Å². The van der Waals surface area contributed by atoms with Gasteiger partial charge < -0.3 is 24.8 Å². The second-order valence-corrected chi connectivity index (χ2v) is 7.36. The molecule has 0 spiro atoms. The number of amides is 2. The largest absolute Gasteiger partial charge is 0.493 e. The van der Waals surface area contributed by atoms with Gasteiger partial charge in [-0.05, 0) is 26.0 Å². The van der Waals surface area contributed by atoms with Crippen molar-refractivity contribution >= 4 is 34.8 Å². The molecule has 2 amide bonds. The predicted octanol–water partition coefficient (Wildman–Crippen LogP) is 2.67. The molecule has 31 heavy (non-hydrogen) atoms. The first-order valence-electron chi connectivity index (χ1n) is 9.56. The molecule has 0 bridgehead atoms. The van der Waals surface area contributed by atoms with Crippen molar-refractivity contribution < 1.29 is 28.6 Å². The molecular weight excluding hydrogens is 402 g/mol. The summed E-state index contributed by atoms with van der Waals surface area (Å²) in [7, 11) is 4.19. The van der Waals surface area contributed by atoms with Crippen LogP contribution in [0.15, 0.2) is 36.4 Å². The number of hydrogen-bond acceptors (Lipinski definition) is 7. The smallest absolute Gasteiger partial charge is 0.340 e. The number of hydrogen-bond donors (Lipinski definition) is 2. The Labute approximate surface area is 180 Å². The van der Waals surface area contributed by atoms with Gasteiger partial charge >= 0.3 is 5.97 Å². The van der Waals surface area contributed by atoms with Crippen LogP contribution in [0.3, 0.4) is 0 Å². The zero-order valence-corrected chi connectivity index (χ0v) is 18.1. The summed E-state index contributed by atoms with van der Waals surface area (Å²) >= 11 is 0. The van der Waals surface area contributed by atoms with Crippen molar-refractivity contribution in [2.45, 2.75) is 19.4 Å². The highest BCUT2D eigenvalue weighted by Crippen LogP contribution is 2.37. The highest BCUT2D eigenvalue weighted by Gasteiger charge is 2.43. The number of rotatable bonds is 6. The third-order valence-electron chi connectivity index (χ3n) is 5.12. The Morgan fingerprint density at radius 2 is 1.71 bits per heavy atom. The lowest BCUT2D eigenvalue weighted by Gasteiger charge is -2.42. The van der Waals surface area contributed by atoms with Gasteiger partial charge in [0, 0.05) is 12.1 Å². The summed E-state index contributed by atoms with van der Waals surface area (Å²) in [4.78, 5) is 39.5. The quantitative estimate of drug-likeness (QED) is 0.683. The number of esters is 1. The normalized spacial score (nSPS) is 14.2. The van der Waals surface area contributed by atoms with Gasteiger partial charge in [0.15, 0.2) is 11.5 Å². The van der Waals surface area contributed by atoms with Crippen LogP contribution in [0.5, 0.6) is 11.5 Å². The highest BCUT2D eigenvalue weighted by molar-refractivity contribution is 6.15. The van der Waals surface area contributed by atoms with E-state index in [0.717, 1.165) is 0 Å². The number of methoxy groups -OCH3 is 3. The van der Waals surface area contributed by atoms with Crippen molar-refractivity contribution in [3.05, 3.63) is 42.0 Å². The van der Waals surface area contributed by atoms with Crippen molar-refractivity contribution in [2.24, 2.45) is 0 Å². The van der Waals surface area contributed by atoms with Crippen LogP contribution in [0, 0.1) is 0 Å². The van der Waals surface area contributed by atoms with Crippen molar-refractivity contribution in [1.29, 1.82) is 0 Å². The molecule has 3 rings (SSSR count). The number of carbonyl (C=O) groups excluding carboxylic acids is 3. The van der Waals surface area contributed by atoms with Crippen LogP contribution < -0.4 is 25.0 Å². The number of benzene rings is 2. The molecule has 0 aliphatic carbocycles. The summed E-state index contributed by atoms with van der Waals surface area (Å²) in [5.41, 5.74) is 0.575. The molecule has 1 heterocycles. The lowest BCUT2D eigenvalue weighted by atomic mass is 9.96. The highest BCUT2D eigenvalue weighted by atomic mass is 16.5. The first kappa shape index (κ1) is 21.9. The van der Waals surface area contributed by atoms with E-state index in [2.05, 4.69) is 10.6 Å². The number of carbonyl (C=O) groups is 3. The van der Waals surface area contributed by atoms with Crippen LogP contribution in [0.1, 0.15) is 24.2 Å². The topological polar surface area (TPSA) is 106 Å². The Balaban J connectivity index is 1.93. The zero-order valence-electron chi connectivity index (χ0n) is 18.1. The number of nitrogens with one attached hydrogen (secondary N) is 2. The second-order valence-electron chi connectivity index (χ2n) is 7.36. The fraction of sp³-hybridized carbons (Fsp3) is 0.318. The van der Waals surface area contributed by atoms with Crippen LogP contribution in [0.25, 0.3) is 0 Å². The minimum atomic E-state index is -1.10. The minimum Gasteiger partial charge on any atom is -0.493 e. The molecule has 9 heteroatoms. The Bertz CT molecular complexity index is 1030. The molecule has 0 fully saturated rings. The average molecular weight is 427 g/mol. The molecule has 0 aromatic heterocycles. The number of anilines is 3. The summed E-state index contributed by atoms with van der Waals surface area (Å²) in [6, 6.07) is 10.1. The SMILES string of the molecule is COC(=O)c1cc(OC)c(OC)cc1NCC(=O)N1c2ccccc2NC(=O)C1(C)C. The Morgan fingerprint density at radius 3 is 2.35 bits per heavy atom.